The van der Waals surface area contributed by atoms with Crippen LogP contribution in [0.25, 0.3) is 0 Å². The van der Waals surface area contributed by atoms with E-state index in [1.807, 2.05) is 0 Å². The van der Waals surface area contributed by atoms with Gasteiger partial charge in [0.05, 0.1) is 7.11 Å². The zero-order chi connectivity index (χ0) is 14.4. The van der Waals surface area contributed by atoms with Crippen LogP contribution in [0.5, 0.6) is 11.5 Å². The highest BCUT2D eigenvalue weighted by Gasteiger charge is 2.06. The van der Waals surface area contributed by atoms with E-state index < -0.39 is 0 Å². The number of ether oxygens (including phenoxy) is 2. The van der Waals surface area contributed by atoms with Crippen LogP contribution in [0.1, 0.15) is 28.4 Å². The number of hydrogen-bond acceptors (Lipinski definition) is 3. The molecular weight excluding hydrogens is 252 g/mol. The third kappa shape index (κ3) is 3.38. The fourth-order valence-electron chi connectivity index (χ4n) is 1.91. The van der Waals surface area contributed by atoms with E-state index in [2.05, 4.69) is 31.2 Å². The van der Waals surface area contributed by atoms with Crippen molar-refractivity contribution in [2.45, 2.75) is 20.0 Å². The van der Waals surface area contributed by atoms with E-state index in [-0.39, 0.29) is 0 Å². The lowest BCUT2D eigenvalue weighted by Crippen LogP contribution is -1.98. The molecule has 0 saturated heterocycles. The number of benzene rings is 2. The van der Waals surface area contributed by atoms with Crippen LogP contribution in [0, 0.1) is 0 Å². The Hall–Kier alpha value is -2.29. The largest absolute Gasteiger partial charge is 0.493 e. The molecule has 0 unspecified atom stereocenters. The highest BCUT2D eigenvalue weighted by atomic mass is 16.5. The monoisotopic (exact) mass is 270 g/mol. The molecule has 104 valence electrons. The summed E-state index contributed by atoms with van der Waals surface area (Å²) in [5.41, 5.74) is 2.96. The molecule has 0 N–H and O–H groups in total. The van der Waals surface area contributed by atoms with Gasteiger partial charge in [-0.3, -0.25) is 4.79 Å². The number of hydrogen-bond donors (Lipinski definition) is 0. The van der Waals surface area contributed by atoms with Crippen molar-refractivity contribution in [3.05, 3.63) is 59.2 Å². The number of rotatable bonds is 6. The topological polar surface area (TPSA) is 35.5 Å². The molecule has 0 spiro atoms. The van der Waals surface area contributed by atoms with Crippen LogP contribution in [0.4, 0.5) is 0 Å². The maximum atomic E-state index is 10.8. The van der Waals surface area contributed by atoms with Crippen molar-refractivity contribution in [2.75, 3.05) is 7.11 Å². The molecule has 0 aliphatic carbocycles. The summed E-state index contributed by atoms with van der Waals surface area (Å²) in [6.07, 6.45) is 1.82. The van der Waals surface area contributed by atoms with Crippen LogP contribution in [0.2, 0.25) is 0 Å². The Balaban J connectivity index is 2.10. The Morgan fingerprint density at radius 1 is 1.00 bits per heavy atom. The van der Waals surface area contributed by atoms with Crippen LogP contribution >= 0.6 is 0 Å². The second kappa shape index (κ2) is 6.75. The SMILES string of the molecule is CCc1ccc(COc2cc(C=O)ccc2OC)cc1. The molecule has 0 aliphatic rings. The van der Waals surface area contributed by atoms with Crippen molar-refractivity contribution in [2.24, 2.45) is 0 Å². The fraction of sp³-hybridized carbons (Fsp3) is 0.235. The van der Waals surface area contributed by atoms with Crippen LogP contribution in [0.3, 0.4) is 0 Å². The zero-order valence-corrected chi connectivity index (χ0v) is 11.8. The van der Waals surface area contributed by atoms with Gasteiger partial charge < -0.3 is 9.47 Å². The average molecular weight is 270 g/mol. The normalized spacial score (nSPS) is 10.1. The number of carbonyl (C=O) groups is 1. The van der Waals surface area contributed by atoms with Gasteiger partial charge in [-0.1, -0.05) is 31.2 Å². The summed E-state index contributed by atoms with van der Waals surface area (Å²) < 4.78 is 11.0. The first-order valence-corrected chi connectivity index (χ1v) is 6.60. The molecule has 3 heteroatoms. The summed E-state index contributed by atoms with van der Waals surface area (Å²) in [5, 5.41) is 0. The second-order valence-corrected chi connectivity index (χ2v) is 4.49. The van der Waals surface area contributed by atoms with Crippen LogP contribution in [0.15, 0.2) is 42.5 Å². The predicted octanol–water partition coefficient (Wildman–Crippen LogP) is 3.65. The minimum absolute atomic E-state index is 0.447. The molecule has 0 radical (unpaired) electrons. The van der Waals surface area contributed by atoms with E-state index >= 15 is 0 Å². The van der Waals surface area contributed by atoms with Crippen molar-refractivity contribution in [1.29, 1.82) is 0 Å². The van der Waals surface area contributed by atoms with Crippen molar-refractivity contribution >= 4 is 6.29 Å². The molecule has 0 bridgehead atoms. The molecule has 0 amide bonds. The van der Waals surface area contributed by atoms with Gasteiger partial charge in [-0.2, -0.15) is 0 Å². The standard InChI is InChI=1S/C17H18O3/c1-3-13-4-6-14(7-5-13)12-20-17-10-15(11-18)8-9-16(17)19-2/h4-11H,3,12H2,1-2H3. The van der Waals surface area contributed by atoms with Gasteiger partial charge in [0, 0.05) is 5.56 Å². The lowest BCUT2D eigenvalue weighted by Gasteiger charge is -2.11. The highest BCUT2D eigenvalue weighted by Crippen LogP contribution is 2.28. The molecule has 2 rings (SSSR count). The van der Waals surface area contributed by atoms with E-state index in [4.69, 9.17) is 9.47 Å². The summed E-state index contributed by atoms with van der Waals surface area (Å²) in [4.78, 5) is 10.8. The fourth-order valence-corrected chi connectivity index (χ4v) is 1.91. The Labute approximate surface area is 119 Å². The average Bonchev–Trinajstić information content (AvgIpc) is 2.53. The molecule has 2 aromatic carbocycles. The predicted molar refractivity (Wildman–Crippen MR) is 78.5 cm³/mol. The van der Waals surface area contributed by atoms with Crippen molar-refractivity contribution < 1.29 is 14.3 Å². The Kier molecular flexibility index (Phi) is 4.77. The van der Waals surface area contributed by atoms with E-state index in [1.54, 1.807) is 25.3 Å². The van der Waals surface area contributed by atoms with Gasteiger partial charge in [-0.05, 0) is 35.7 Å². The third-order valence-electron chi connectivity index (χ3n) is 3.15. The number of aldehydes is 1. The van der Waals surface area contributed by atoms with Gasteiger partial charge in [0.2, 0.25) is 0 Å². The second-order valence-electron chi connectivity index (χ2n) is 4.49. The molecule has 0 heterocycles. The maximum Gasteiger partial charge on any atom is 0.162 e. The molecule has 0 fully saturated rings. The van der Waals surface area contributed by atoms with Gasteiger partial charge >= 0.3 is 0 Å². The van der Waals surface area contributed by atoms with Crippen LogP contribution in [-0.2, 0) is 13.0 Å². The number of methoxy groups -OCH3 is 1. The van der Waals surface area contributed by atoms with E-state index in [9.17, 15) is 4.79 Å². The quantitative estimate of drug-likeness (QED) is 0.752. The van der Waals surface area contributed by atoms with Gasteiger partial charge in [0.15, 0.2) is 11.5 Å². The molecule has 3 nitrogen and oxygen atoms in total. The van der Waals surface area contributed by atoms with E-state index in [0.717, 1.165) is 18.3 Å². The molecule has 0 saturated carbocycles. The molecule has 20 heavy (non-hydrogen) atoms. The summed E-state index contributed by atoms with van der Waals surface area (Å²) >= 11 is 0. The van der Waals surface area contributed by atoms with Crippen molar-refractivity contribution in [3.63, 3.8) is 0 Å². The molecular formula is C17H18O3. The van der Waals surface area contributed by atoms with Gasteiger partial charge in [0.25, 0.3) is 0 Å². The van der Waals surface area contributed by atoms with E-state index in [1.165, 1.54) is 5.56 Å². The Bertz CT molecular complexity index is 573. The first-order valence-electron chi connectivity index (χ1n) is 6.60. The molecule has 2 aromatic rings. The third-order valence-corrected chi connectivity index (χ3v) is 3.15. The first-order chi connectivity index (χ1) is 9.76. The molecule has 0 aliphatic heterocycles. The summed E-state index contributed by atoms with van der Waals surface area (Å²) in [6, 6.07) is 13.4. The minimum atomic E-state index is 0.447. The highest BCUT2D eigenvalue weighted by molar-refractivity contribution is 5.76. The Morgan fingerprint density at radius 3 is 2.30 bits per heavy atom. The van der Waals surface area contributed by atoms with Crippen LogP contribution in [-0.4, -0.2) is 13.4 Å². The summed E-state index contributed by atoms with van der Waals surface area (Å²) in [6.45, 7) is 2.57. The zero-order valence-electron chi connectivity index (χ0n) is 11.8. The molecule has 0 aromatic heterocycles. The first kappa shape index (κ1) is 14.1. The minimum Gasteiger partial charge on any atom is -0.493 e. The van der Waals surface area contributed by atoms with Crippen molar-refractivity contribution in [1.82, 2.24) is 0 Å². The van der Waals surface area contributed by atoms with Gasteiger partial charge in [-0.25, -0.2) is 0 Å². The van der Waals surface area contributed by atoms with Gasteiger partial charge in [-0.15, -0.1) is 0 Å². The lowest BCUT2D eigenvalue weighted by atomic mass is 10.1. The number of carbonyl (C=O) groups excluding carboxylic acids is 1. The summed E-state index contributed by atoms with van der Waals surface area (Å²) in [5.74, 6) is 1.21. The lowest BCUT2D eigenvalue weighted by molar-refractivity contribution is 0.112. The van der Waals surface area contributed by atoms with Gasteiger partial charge in [0.1, 0.15) is 12.9 Å². The molecule has 0 atom stereocenters. The van der Waals surface area contributed by atoms with E-state index in [0.29, 0.717) is 23.7 Å². The summed E-state index contributed by atoms with van der Waals surface area (Å²) in [7, 11) is 1.58. The number of aryl methyl sites for hydroxylation is 1. The van der Waals surface area contributed by atoms with Crippen LogP contribution < -0.4 is 9.47 Å². The Morgan fingerprint density at radius 2 is 1.70 bits per heavy atom. The van der Waals surface area contributed by atoms with Crippen molar-refractivity contribution in [3.8, 4) is 11.5 Å². The smallest absolute Gasteiger partial charge is 0.162 e. The maximum absolute atomic E-state index is 10.8.